The van der Waals surface area contributed by atoms with Gasteiger partial charge in [-0.2, -0.15) is 0 Å². The monoisotopic (exact) mass is 268 g/mol. The first-order valence-electron chi connectivity index (χ1n) is 7.00. The number of H-pyrrole nitrogens is 1. The van der Waals surface area contributed by atoms with Crippen molar-refractivity contribution >= 4 is 12.2 Å². The van der Waals surface area contributed by atoms with Crippen LogP contribution in [0.5, 0.6) is 0 Å². The Hall–Kier alpha value is -1.48. The maximum atomic E-state index is 5.34. The SMILES string of the molecule is S=c1cc(C2CC2)[nH]c(C2CCc3ccccc32)n1. The molecule has 3 heteroatoms. The van der Waals surface area contributed by atoms with Crippen molar-refractivity contribution in [3.8, 4) is 0 Å². The molecule has 1 atom stereocenters. The van der Waals surface area contributed by atoms with Gasteiger partial charge in [-0.05, 0) is 48.8 Å². The smallest absolute Gasteiger partial charge is 0.130 e. The Bertz CT molecular complexity index is 685. The van der Waals surface area contributed by atoms with Gasteiger partial charge in [-0.15, -0.1) is 0 Å². The van der Waals surface area contributed by atoms with E-state index in [-0.39, 0.29) is 0 Å². The van der Waals surface area contributed by atoms with E-state index in [9.17, 15) is 0 Å². The van der Waals surface area contributed by atoms with Crippen LogP contribution in [0.25, 0.3) is 0 Å². The summed E-state index contributed by atoms with van der Waals surface area (Å²) in [6.07, 6.45) is 4.87. The van der Waals surface area contributed by atoms with Crippen LogP contribution in [0.2, 0.25) is 0 Å². The van der Waals surface area contributed by atoms with Gasteiger partial charge in [-0.3, -0.25) is 0 Å². The predicted molar refractivity (Wildman–Crippen MR) is 78.0 cm³/mol. The van der Waals surface area contributed by atoms with Gasteiger partial charge in [-0.1, -0.05) is 36.5 Å². The second-order valence-corrected chi connectivity index (χ2v) is 6.04. The molecule has 2 aliphatic carbocycles. The molecule has 2 nitrogen and oxygen atoms in total. The van der Waals surface area contributed by atoms with E-state index in [1.165, 1.54) is 29.7 Å². The van der Waals surface area contributed by atoms with Gasteiger partial charge in [0.25, 0.3) is 0 Å². The second kappa shape index (κ2) is 4.27. The molecule has 1 fully saturated rings. The van der Waals surface area contributed by atoms with E-state index in [0.717, 1.165) is 23.3 Å². The topological polar surface area (TPSA) is 28.7 Å². The molecule has 19 heavy (non-hydrogen) atoms. The predicted octanol–water partition coefficient (Wildman–Crippen LogP) is 4.09. The number of hydrogen-bond acceptors (Lipinski definition) is 2. The Morgan fingerprint density at radius 1 is 1.16 bits per heavy atom. The van der Waals surface area contributed by atoms with E-state index < -0.39 is 0 Å². The van der Waals surface area contributed by atoms with E-state index in [2.05, 4.69) is 34.2 Å². The molecule has 96 valence electrons. The van der Waals surface area contributed by atoms with Gasteiger partial charge in [0, 0.05) is 11.6 Å². The summed E-state index contributed by atoms with van der Waals surface area (Å²) in [5, 5.41) is 0. The minimum Gasteiger partial charge on any atom is -0.346 e. The van der Waals surface area contributed by atoms with Crippen molar-refractivity contribution in [3.63, 3.8) is 0 Å². The Morgan fingerprint density at radius 2 is 2.00 bits per heavy atom. The normalized spacial score (nSPS) is 21.4. The molecule has 1 unspecified atom stereocenters. The molecule has 2 aliphatic rings. The fraction of sp³-hybridized carbons (Fsp3) is 0.375. The molecule has 1 N–H and O–H groups in total. The number of aromatic amines is 1. The molecule has 1 saturated carbocycles. The number of fused-ring (bicyclic) bond motifs is 1. The third kappa shape index (κ3) is 2.02. The average Bonchev–Trinajstić information content (AvgIpc) is 3.18. The van der Waals surface area contributed by atoms with Crippen molar-refractivity contribution in [1.82, 2.24) is 9.97 Å². The lowest BCUT2D eigenvalue weighted by Crippen LogP contribution is -2.05. The molecule has 0 amide bonds. The summed E-state index contributed by atoms with van der Waals surface area (Å²) in [5.74, 6) is 2.16. The highest BCUT2D eigenvalue weighted by molar-refractivity contribution is 7.71. The zero-order valence-electron chi connectivity index (χ0n) is 10.7. The van der Waals surface area contributed by atoms with Crippen molar-refractivity contribution in [2.75, 3.05) is 0 Å². The second-order valence-electron chi connectivity index (χ2n) is 5.62. The first kappa shape index (κ1) is 11.4. The molecular formula is C16H16N2S. The summed E-state index contributed by atoms with van der Waals surface area (Å²) in [4.78, 5) is 8.14. The van der Waals surface area contributed by atoms with Gasteiger partial charge in [0.1, 0.15) is 10.5 Å². The maximum Gasteiger partial charge on any atom is 0.130 e. The highest BCUT2D eigenvalue weighted by Crippen LogP contribution is 2.41. The number of nitrogens with zero attached hydrogens (tertiary/aromatic N) is 1. The Morgan fingerprint density at radius 3 is 2.84 bits per heavy atom. The highest BCUT2D eigenvalue weighted by atomic mass is 32.1. The number of rotatable bonds is 2. The van der Waals surface area contributed by atoms with Gasteiger partial charge < -0.3 is 4.98 Å². The molecule has 0 bridgehead atoms. The van der Waals surface area contributed by atoms with Crippen LogP contribution in [0.4, 0.5) is 0 Å². The molecule has 4 rings (SSSR count). The van der Waals surface area contributed by atoms with Crippen molar-refractivity contribution in [1.29, 1.82) is 0 Å². The van der Waals surface area contributed by atoms with Crippen molar-refractivity contribution in [2.45, 2.75) is 37.5 Å². The van der Waals surface area contributed by atoms with Gasteiger partial charge in [0.2, 0.25) is 0 Å². The summed E-state index contributed by atoms with van der Waals surface area (Å²) in [6, 6.07) is 10.7. The lowest BCUT2D eigenvalue weighted by Gasteiger charge is -2.12. The molecule has 0 spiro atoms. The molecule has 1 aromatic carbocycles. The summed E-state index contributed by atoms with van der Waals surface area (Å²) in [6.45, 7) is 0. The van der Waals surface area contributed by atoms with Crippen LogP contribution in [-0.2, 0) is 6.42 Å². The summed E-state index contributed by atoms with van der Waals surface area (Å²) < 4.78 is 0.736. The highest BCUT2D eigenvalue weighted by Gasteiger charge is 2.28. The van der Waals surface area contributed by atoms with Crippen LogP contribution in [0.1, 0.15) is 53.7 Å². The molecule has 0 radical (unpaired) electrons. The van der Waals surface area contributed by atoms with Gasteiger partial charge in [-0.25, -0.2) is 4.98 Å². The molecule has 1 heterocycles. The number of benzene rings is 1. The zero-order chi connectivity index (χ0) is 12.8. The van der Waals surface area contributed by atoms with Crippen LogP contribution < -0.4 is 0 Å². The van der Waals surface area contributed by atoms with Gasteiger partial charge in [0.05, 0.1) is 0 Å². The number of hydrogen-bond donors (Lipinski definition) is 1. The van der Waals surface area contributed by atoms with Gasteiger partial charge in [0.15, 0.2) is 0 Å². The lowest BCUT2D eigenvalue weighted by atomic mass is 10.0. The Labute approximate surface area is 117 Å². The minimum absolute atomic E-state index is 0.400. The van der Waals surface area contributed by atoms with E-state index in [1.54, 1.807) is 0 Å². The third-order valence-electron chi connectivity index (χ3n) is 4.26. The number of aromatic nitrogens is 2. The Balaban J connectivity index is 1.79. The largest absolute Gasteiger partial charge is 0.346 e. The summed E-state index contributed by atoms with van der Waals surface area (Å²) in [7, 11) is 0. The molecule has 2 aromatic rings. The molecule has 0 saturated heterocycles. The quantitative estimate of drug-likeness (QED) is 0.831. The van der Waals surface area contributed by atoms with Crippen molar-refractivity contribution in [2.24, 2.45) is 0 Å². The summed E-state index contributed by atoms with van der Waals surface area (Å²) >= 11 is 5.34. The third-order valence-corrected chi connectivity index (χ3v) is 4.47. The Kier molecular flexibility index (Phi) is 2.55. The van der Waals surface area contributed by atoms with Crippen molar-refractivity contribution < 1.29 is 0 Å². The van der Waals surface area contributed by atoms with E-state index >= 15 is 0 Å². The first-order valence-corrected chi connectivity index (χ1v) is 7.41. The van der Waals surface area contributed by atoms with E-state index in [0.29, 0.717) is 11.8 Å². The fourth-order valence-corrected chi connectivity index (χ4v) is 3.34. The van der Waals surface area contributed by atoms with Crippen LogP contribution in [0.15, 0.2) is 30.3 Å². The van der Waals surface area contributed by atoms with Crippen molar-refractivity contribution in [3.05, 3.63) is 57.6 Å². The lowest BCUT2D eigenvalue weighted by molar-refractivity contribution is 0.716. The maximum absolute atomic E-state index is 5.34. The zero-order valence-corrected chi connectivity index (χ0v) is 11.5. The molecule has 0 aliphatic heterocycles. The van der Waals surface area contributed by atoms with Crippen LogP contribution in [0, 0.1) is 4.64 Å². The number of aryl methyl sites for hydroxylation is 1. The minimum atomic E-state index is 0.400. The fourth-order valence-electron chi connectivity index (χ4n) is 3.12. The average molecular weight is 268 g/mol. The van der Waals surface area contributed by atoms with Gasteiger partial charge >= 0.3 is 0 Å². The van der Waals surface area contributed by atoms with E-state index in [1.807, 2.05) is 6.07 Å². The first-order chi connectivity index (χ1) is 9.31. The molecular weight excluding hydrogens is 252 g/mol. The van der Waals surface area contributed by atoms with Crippen LogP contribution in [-0.4, -0.2) is 9.97 Å². The van der Waals surface area contributed by atoms with Crippen LogP contribution in [0.3, 0.4) is 0 Å². The number of nitrogens with one attached hydrogen (secondary N) is 1. The van der Waals surface area contributed by atoms with Crippen LogP contribution >= 0.6 is 12.2 Å². The standard InChI is InChI=1S/C16H16N2S/c19-15-9-14(11-5-6-11)17-16(18-15)13-8-7-10-3-1-2-4-12(10)13/h1-4,9,11,13H,5-8H2,(H,17,18,19). The molecule has 1 aromatic heterocycles. The van der Waals surface area contributed by atoms with E-state index in [4.69, 9.17) is 12.2 Å². The summed E-state index contributed by atoms with van der Waals surface area (Å²) in [5.41, 5.74) is 4.18.